The van der Waals surface area contributed by atoms with E-state index in [4.69, 9.17) is 0 Å². The second-order valence-corrected chi connectivity index (χ2v) is 4.97. The second kappa shape index (κ2) is 5.34. The van der Waals surface area contributed by atoms with Gasteiger partial charge in [0.1, 0.15) is 11.6 Å². The van der Waals surface area contributed by atoms with Gasteiger partial charge in [0.2, 0.25) is 0 Å². The molecule has 1 aromatic heterocycles. The lowest BCUT2D eigenvalue weighted by Gasteiger charge is -2.05. The topological polar surface area (TPSA) is 37.8 Å². The Morgan fingerprint density at radius 3 is 2.47 bits per heavy atom. The minimum Gasteiger partial charge on any atom is -0.369 e. The van der Waals surface area contributed by atoms with Crippen molar-refractivity contribution in [2.24, 2.45) is 5.92 Å². The number of anilines is 1. The third-order valence-electron chi connectivity index (χ3n) is 3.36. The lowest BCUT2D eigenvalue weighted by molar-refractivity contribution is 0.628. The van der Waals surface area contributed by atoms with Crippen molar-refractivity contribution in [2.75, 3.05) is 11.9 Å². The standard InChI is InChI=1S/C15H16FN3/c16-13-5-3-12(4-6-13)14-7-8-15(19-18-14)17-10-9-11-1-2-11/h3-8,11H,1-2,9-10H2,(H,17,19). The Morgan fingerprint density at radius 1 is 1.05 bits per heavy atom. The number of hydrogen-bond donors (Lipinski definition) is 1. The SMILES string of the molecule is Fc1ccc(-c2ccc(NCCC3CC3)nn2)cc1. The first-order valence-corrected chi connectivity index (χ1v) is 6.65. The molecule has 19 heavy (non-hydrogen) atoms. The maximum atomic E-state index is 12.8. The van der Waals surface area contributed by atoms with Crippen molar-refractivity contribution in [1.82, 2.24) is 10.2 Å². The van der Waals surface area contributed by atoms with Gasteiger partial charge in [-0.1, -0.05) is 12.8 Å². The molecule has 0 atom stereocenters. The van der Waals surface area contributed by atoms with Crippen LogP contribution in [0, 0.1) is 11.7 Å². The molecule has 0 saturated heterocycles. The van der Waals surface area contributed by atoms with Crippen LogP contribution in [-0.2, 0) is 0 Å². The number of benzene rings is 1. The smallest absolute Gasteiger partial charge is 0.148 e. The van der Waals surface area contributed by atoms with E-state index in [1.54, 1.807) is 12.1 Å². The predicted octanol–water partition coefficient (Wildman–Crippen LogP) is 3.49. The third kappa shape index (κ3) is 3.28. The van der Waals surface area contributed by atoms with Crippen molar-refractivity contribution in [3.05, 3.63) is 42.2 Å². The van der Waals surface area contributed by atoms with Gasteiger partial charge in [-0.25, -0.2) is 4.39 Å². The number of halogens is 1. The van der Waals surface area contributed by atoms with Gasteiger partial charge in [0.05, 0.1) is 5.69 Å². The minimum atomic E-state index is -0.241. The molecule has 98 valence electrons. The Bertz CT molecular complexity index is 532. The lowest BCUT2D eigenvalue weighted by Crippen LogP contribution is -2.04. The Balaban J connectivity index is 1.62. The summed E-state index contributed by atoms with van der Waals surface area (Å²) in [5.74, 6) is 1.47. The lowest BCUT2D eigenvalue weighted by atomic mass is 10.1. The van der Waals surface area contributed by atoms with Crippen LogP contribution >= 0.6 is 0 Å². The number of nitrogens with one attached hydrogen (secondary N) is 1. The van der Waals surface area contributed by atoms with Gasteiger partial charge < -0.3 is 5.32 Å². The van der Waals surface area contributed by atoms with Gasteiger partial charge in [-0.05, 0) is 48.7 Å². The maximum absolute atomic E-state index is 12.8. The summed E-state index contributed by atoms with van der Waals surface area (Å²) in [6, 6.07) is 10.1. The molecule has 0 aliphatic heterocycles. The molecule has 0 spiro atoms. The maximum Gasteiger partial charge on any atom is 0.148 e. The van der Waals surface area contributed by atoms with Crippen molar-refractivity contribution in [3.63, 3.8) is 0 Å². The van der Waals surface area contributed by atoms with Crippen LogP contribution < -0.4 is 5.32 Å². The van der Waals surface area contributed by atoms with Crippen LogP contribution in [0.1, 0.15) is 19.3 Å². The summed E-state index contributed by atoms with van der Waals surface area (Å²) in [5, 5.41) is 11.6. The monoisotopic (exact) mass is 257 g/mol. The molecule has 1 fully saturated rings. The highest BCUT2D eigenvalue weighted by atomic mass is 19.1. The highest BCUT2D eigenvalue weighted by Gasteiger charge is 2.20. The zero-order chi connectivity index (χ0) is 13.1. The number of rotatable bonds is 5. The Labute approximate surface area is 111 Å². The largest absolute Gasteiger partial charge is 0.369 e. The van der Waals surface area contributed by atoms with E-state index in [-0.39, 0.29) is 5.82 Å². The highest BCUT2D eigenvalue weighted by molar-refractivity contribution is 5.59. The summed E-state index contributed by atoms with van der Waals surface area (Å²) in [6.45, 7) is 0.954. The fourth-order valence-corrected chi connectivity index (χ4v) is 2.01. The molecule has 2 aromatic rings. The van der Waals surface area contributed by atoms with Crippen LogP contribution in [0.4, 0.5) is 10.2 Å². The van der Waals surface area contributed by atoms with Crippen LogP contribution in [0.2, 0.25) is 0 Å². The van der Waals surface area contributed by atoms with E-state index in [9.17, 15) is 4.39 Å². The van der Waals surface area contributed by atoms with Gasteiger partial charge >= 0.3 is 0 Å². The molecule has 1 saturated carbocycles. The predicted molar refractivity (Wildman–Crippen MR) is 73.3 cm³/mol. The van der Waals surface area contributed by atoms with Gasteiger partial charge in [-0.2, -0.15) is 0 Å². The van der Waals surface area contributed by atoms with Crippen molar-refractivity contribution < 1.29 is 4.39 Å². The Hall–Kier alpha value is -1.97. The van der Waals surface area contributed by atoms with Crippen molar-refractivity contribution in [3.8, 4) is 11.3 Å². The van der Waals surface area contributed by atoms with Gasteiger partial charge in [0, 0.05) is 12.1 Å². The molecule has 0 radical (unpaired) electrons. The molecule has 4 heteroatoms. The van der Waals surface area contributed by atoms with E-state index in [1.807, 2.05) is 12.1 Å². The molecular formula is C15H16FN3. The molecule has 0 amide bonds. The first kappa shape index (κ1) is 12.1. The molecule has 1 N–H and O–H groups in total. The van der Waals surface area contributed by atoms with E-state index in [0.717, 1.165) is 29.5 Å². The fraction of sp³-hybridized carbons (Fsp3) is 0.333. The van der Waals surface area contributed by atoms with Gasteiger partial charge in [-0.15, -0.1) is 10.2 Å². The molecule has 1 aliphatic carbocycles. The quantitative estimate of drug-likeness (QED) is 0.891. The zero-order valence-electron chi connectivity index (χ0n) is 10.6. The fourth-order valence-electron chi connectivity index (χ4n) is 2.01. The van der Waals surface area contributed by atoms with Crippen molar-refractivity contribution >= 4 is 5.82 Å². The van der Waals surface area contributed by atoms with Crippen LogP contribution in [-0.4, -0.2) is 16.7 Å². The van der Waals surface area contributed by atoms with E-state index in [0.29, 0.717) is 0 Å². The summed E-state index contributed by atoms with van der Waals surface area (Å²) in [5.41, 5.74) is 1.63. The van der Waals surface area contributed by atoms with Crippen LogP contribution in [0.5, 0.6) is 0 Å². The molecule has 0 bridgehead atoms. The molecular weight excluding hydrogens is 241 g/mol. The molecule has 0 unspecified atom stereocenters. The Kier molecular flexibility index (Phi) is 3.40. The van der Waals surface area contributed by atoms with E-state index in [2.05, 4.69) is 15.5 Å². The van der Waals surface area contributed by atoms with Gasteiger partial charge in [0.15, 0.2) is 0 Å². The summed E-state index contributed by atoms with van der Waals surface area (Å²) in [4.78, 5) is 0. The first-order valence-electron chi connectivity index (χ1n) is 6.65. The summed E-state index contributed by atoms with van der Waals surface area (Å²) < 4.78 is 12.8. The molecule has 1 aromatic carbocycles. The zero-order valence-corrected chi connectivity index (χ0v) is 10.6. The van der Waals surface area contributed by atoms with E-state index >= 15 is 0 Å². The number of nitrogens with zero attached hydrogens (tertiary/aromatic N) is 2. The van der Waals surface area contributed by atoms with E-state index in [1.165, 1.54) is 31.4 Å². The number of hydrogen-bond acceptors (Lipinski definition) is 3. The molecule has 1 aliphatic rings. The van der Waals surface area contributed by atoms with Gasteiger partial charge in [-0.3, -0.25) is 0 Å². The Morgan fingerprint density at radius 2 is 1.84 bits per heavy atom. The molecule has 1 heterocycles. The summed E-state index contributed by atoms with van der Waals surface area (Å²) in [6.07, 6.45) is 3.95. The van der Waals surface area contributed by atoms with Gasteiger partial charge in [0.25, 0.3) is 0 Å². The first-order chi connectivity index (χ1) is 9.31. The van der Waals surface area contributed by atoms with Crippen LogP contribution in [0.25, 0.3) is 11.3 Å². The van der Waals surface area contributed by atoms with Crippen molar-refractivity contribution in [2.45, 2.75) is 19.3 Å². The summed E-state index contributed by atoms with van der Waals surface area (Å²) >= 11 is 0. The molecule has 3 nitrogen and oxygen atoms in total. The van der Waals surface area contributed by atoms with Crippen molar-refractivity contribution in [1.29, 1.82) is 0 Å². The van der Waals surface area contributed by atoms with E-state index < -0.39 is 0 Å². The minimum absolute atomic E-state index is 0.241. The van der Waals surface area contributed by atoms with Crippen LogP contribution in [0.15, 0.2) is 36.4 Å². The normalized spacial score (nSPS) is 14.4. The second-order valence-electron chi connectivity index (χ2n) is 4.97. The molecule has 3 rings (SSSR count). The van der Waals surface area contributed by atoms with Crippen LogP contribution in [0.3, 0.4) is 0 Å². The average Bonchev–Trinajstić information content (AvgIpc) is 3.25. The third-order valence-corrected chi connectivity index (χ3v) is 3.36. The highest BCUT2D eigenvalue weighted by Crippen LogP contribution is 2.32. The number of aromatic nitrogens is 2. The summed E-state index contributed by atoms with van der Waals surface area (Å²) in [7, 11) is 0. The average molecular weight is 257 g/mol.